The number of amides is 2. The number of nitrogens with zero attached hydrogens (tertiary/aromatic N) is 2. The van der Waals surface area contributed by atoms with Gasteiger partial charge in [0.2, 0.25) is 11.8 Å². The summed E-state index contributed by atoms with van der Waals surface area (Å²) in [6.45, 7) is 4.59. The van der Waals surface area contributed by atoms with E-state index in [0.29, 0.717) is 49.1 Å². The zero-order valence-electron chi connectivity index (χ0n) is 15.9. The second-order valence-electron chi connectivity index (χ2n) is 6.51. The molecule has 5 nitrogen and oxygen atoms in total. The van der Waals surface area contributed by atoms with Crippen LogP contribution < -0.4 is 10.2 Å². The molecule has 7 heteroatoms. The van der Waals surface area contributed by atoms with Crippen molar-refractivity contribution >= 4 is 46.6 Å². The first-order valence-corrected chi connectivity index (χ1v) is 10.7. The summed E-state index contributed by atoms with van der Waals surface area (Å²) in [5, 5.41) is 3.60. The molecule has 0 aliphatic carbocycles. The van der Waals surface area contributed by atoms with E-state index in [1.165, 1.54) is 11.8 Å². The maximum Gasteiger partial charge on any atom is 0.234 e. The molecule has 2 aromatic rings. The SMILES string of the molecule is CCC(=O)N1CCN(c2c(Cl)cccc2NC(=O)CSc2ccccc2)CC1. The summed E-state index contributed by atoms with van der Waals surface area (Å²) in [4.78, 5) is 29.4. The summed E-state index contributed by atoms with van der Waals surface area (Å²) in [5.41, 5.74) is 1.53. The summed E-state index contributed by atoms with van der Waals surface area (Å²) < 4.78 is 0. The highest BCUT2D eigenvalue weighted by Crippen LogP contribution is 2.35. The first-order chi connectivity index (χ1) is 13.6. The van der Waals surface area contributed by atoms with E-state index in [-0.39, 0.29) is 11.8 Å². The van der Waals surface area contributed by atoms with Crippen molar-refractivity contribution in [1.82, 2.24) is 4.90 Å². The summed E-state index contributed by atoms with van der Waals surface area (Å²) in [6.07, 6.45) is 0.520. The monoisotopic (exact) mass is 417 g/mol. The van der Waals surface area contributed by atoms with Crippen LogP contribution in [0.15, 0.2) is 53.4 Å². The minimum Gasteiger partial charge on any atom is -0.365 e. The minimum atomic E-state index is -0.0721. The van der Waals surface area contributed by atoms with E-state index in [1.54, 1.807) is 0 Å². The summed E-state index contributed by atoms with van der Waals surface area (Å²) in [5.74, 6) is 0.428. The molecule has 2 aromatic carbocycles. The molecule has 0 atom stereocenters. The molecule has 0 saturated carbocycles. The van der Waals surface area contributed by atoms with E-state index in [4.69, 9.17) is 11.6 Å². The number of rotatable bonds is 6. The third kappa shape index (κ3) is 5.20. The molecule has 0 aromatic heterocycles. The lowest BCUT2D eigenvalue weighted by molar-refractivity contribution is -0.131. The lowest BCUT2D eigenvalue weighted by atomic mass is 10.2. The van der Waals surface area contributed by atoms with Gasteiger partial charge in [-0.3, -0.25) is 9.59 Å². The van der Waals surface area contributed by atoms with Gasteiger partial charge in [-0.1, -0.05) is 42.8 Å². The number of carbonyl (C=O) groups is 2. The van der Waals surface area contributed by atoms with Crippen LogP contribution in [0.2, 0.25) is 5.02 Å². The zero-order chi connectivity index (χ0) is 19.9. The average Bonchev–Trinajstić information content (AvgIpc) is 2.73. The van der Waals surface area contributed by atoms with E-state index in [1.807, 2.05) is 60.4 Å². The van der Waals surface area contributed by atoms with Crippen molar-refractivity contribution in [3.05, 3.63) is 53.6 Å². The van der Waals surface area contributed by atoms with Gasteiger partial charge >= 0.3 is 0 Å². The predicted molar refractivity (Wildman–Crippen MR) is 116 cm³/mol. The van der Waals surface area contributed by atoms with Gasteiger partial charge in [0.15, 0.2) is 0 Å². The van der Waals surface area contributed by atoms with Crippen LogP contribution >= 0.6 is 23.4 Å². The molecule has 1 fully saturated rings. The Kier molecular flexibility index (Phi) is 7.23. The fraction of sp³-hybridized carbons (Fsp3) is 0.333. The molecule has 148 valence electrons. The normalized spacial score (nSPS) is 14.1. The number of benzene rings is 2. The first kappa shape index (κ1) is 20.6. The van der Waals surface area contributed by atoms with Gasteiger partial charge in [0.05, 0.1) is 22.2 Å². The molecule has 1 aliphatic rings. The molecule has 3 rings (SSSR count). The van der Waals surface area contributed by atoms with E-state index >= 15 is 0 Å². The number of piperazine rings is 1. The third-order valence-corrected chi connectivity index (χ3v) is 5.94. The molecule has 1 N–H and O–H groups in total. The van der Waals surface area contributed by atoms with Crippen molar-refractivity contribution in [1.29, 1.82) is 0 Å². The Morgan fingerprint density at radius 2 is 1.75 bits per heavy atom. The van der Waals surface area contributed by atoms with Gasteiger partial charge in [0.1, 0.15) is 0 Å². The van der Waals surface area contributed by atoms with Crippen LogP contribution in [0, 0.1) is 0 Å². The van der Waals surface area contributed by atoms with Crippen LogP contribution in [0.4, 0.5) is 11.4 Å². The van der Waals surface area contributed by atoms with Crippen LogP contribution in [0.1, 0.15) is 13.3 Å². The van der Waals surface area contributed by atoms with Crippen molar-refractivity contribution < 1.29 is 9.59 Å². The molecule has 2 amide bonds. The van der Waals surface area contributed by atoms with Crippen molar-refractivity contribution in [3.8, 4) is 0 Å². The van der Waals surface area contributed by atoms with Crippen LogP contribution in [0.3, 0.4) is 0 Å². The van der Waals surface area contributed by atoms with Gasteiger partial charge in [-0.2, -0.15) is 0 Å². The van der Waals surface area contributed by atoms with Gasteiger partial charge in [-0.05, 0) is 24.3 Å². The third-order valence-electron chi connectivity index (χ3n) is 4.63. The van der Waals surface area contributed by atoms with Crippen LogP contribution in [0.5, 0.6) is 0 Å². The van der Waals surface area contributed by atoms with Gasteiger partial charge in [0, 0.05) is 37.5 Å². The molecular weight excluding hydrogens is 394 g/mol. The fourth-order valence-corrected chi connectivity index (χ4v) is 4.21. The molecule has 0 unspecified atom stereocenters. The number of anilines is 2. The quantitative estimate of drug-likeness (QED) is 0.718. The lowest BCUT2D eigenvalue weighted by Gasteiger charge is -2.37. The average molecular weight is 418 g/mol. The Hall–Kier alpha value is -2.18. The highest BCUT2D eigenvalue weighted by molar-refractivity contribution is 8.00. The van der Waals surface area contributed by atoms with Crippen molar-refractivity contribution in [2.75, 3.05) is 42.1 Å². The van der Waals surface area contributed by atoms with Crippen LogP contribution in [-0.2, 0) is 9.59 Å². The number of hydrogen-bond acceptors (Lipinski definition) is 4. The number of para-hydroxylation sites is 1. The summed E-state index contributed by atoms with van der Waals surface area (Å²) in [7, 11) is 0. The van der Waals surface area contributed by atoms with Gasteiger partial charge < -0.3 is 15.1 Å². The topological polar surface area (TPSA) is 52.7 Å². The number of halogens is 1. The Morgan fingerprint density at radius 3 is 2.43 bits per heavy atom. The molecule has 1 saturated heterocycles. The predicted octanol–water partition coefficient (Wildman–Crippen LogP) is 4.13. The Labute approximate surface area is 175 Å². The van der Waals surface area contributed by atoms with E-state index in [0.717, 1.165) is 10.6 Å². The van der Waals surface area contributed by atoms with Crippen molar-refractivity contribution in [2.45, 2.75) is 18.2 Å². The Bertz CT molecular complexity index is 824. The van der Waals surface area contributed by atoms with Gasteiger partial charge in [0.25, 0.3) is 0 Å². The zero-order valence-corrected chi connectivity index (χ0v) is 17.4. The molecule has 28 heavy (non-hydrogen) atoms. The van der Waals surface area contributed by atoms with Gasteiger partial charge in [-0.25, -0.2) is 0 Å². The maximum atomic E-state index is 12.5. The van der Waals surface area contributed by atoms with Gasteiger partial charge in [-0.15, -0.1) is 11.8 Å². The van der Waals surface area contributed by atoms with Crippen LogP contribution in [-0.4, -0.2) is 48.6 Å². The molecule has 0 radical (unpaired) electrons. The Morgan fingerprint density at radius 1 is 1.04 bits per heavy atom. The van der Waals surface area contributed by atoms with E-state index in [9.17, 15) is 9.59 Å². The number of thioether (sulfide) groups is 1. The maximum absolute atomic E-state index is 12.5. The van der Waals surface area contributed by atoms with Crippen molar-refractivity contribution in [2.24, 2.45) is 0 Å². The molecule has 0 bridgehead atoms. The van der Waals surface area contributed by atoms with Crippen molar-refractivity contribution in [3.63, 3.8) is 0 Å². The lowest BCUT2D eigenvalue weighted by Crippen LogP contribution is -2.48. The van der Waals surface area contributed by atoms with E-state index in [2.05, 4.69) is 10.2 Å². The standard InChI is InChI=1S/C21H24ClN3O2S/c1-2-20(27)24-11-13-25(14-12-24)21-17(22)9-6-10-18(21)23-19(26)15-28-16-7-4-3-5-8-16/h3-10H,2,11-15H2,1H3,(H,23,26). The molecular formula is C21H24ClN3O2S. The molecule has 1 heterocycles. The fourth-order valence-electron chi connectivity index (χ4n) is 3.19. The number of carbonyl (C=O) groups excluding carboxylic acids is 2. The van der Waals surface area contributed by atoms with E-state index < -0.39 is 0 Å². The second kappa shape index (κ2) is 9.85. The Balaban J connectivity index is 1.65. The van der Waals surface area contributed by atoms with Crippen LogP contribution in [0.25, 0.3) is 0 Å². The number of nitrogens with one attached hydrogen (secondary N) is 1. The smallest absolute Gasteiger partial charge is 0.234 e. The largest absolute Gasteiger partial charge is 0.365 e. The molecule has 0 spiro atoms. The minimum absolute atomic E-state index is 0.0721. The summed E-state index contributed by atoms with van der Waals surface area (Å²) >= 11 is 7.96. The summed E-state index contributed by atoms with van der Waals surface area (Å²) in [6, 6.07) is 15.4. The molecule has 1 aliphatic heterocycles. The highest BCUT2D eigenvalue weighted by atomic mass is 35.5. The first-order valence-electron chi connectivity index (χ1n) is 9.37. The number of hydrogen-bond donors (Lipinski definition) is 1. The second-order valence-corrected chi connectivity index (χ2v) is 7.96. The highest BCUT2D eigenvalue weighted by Gasteiger charge is 2.23.